The van der Waals surface area contributed by atoms with Gasteiger partial charge in [0.05, 0.1) is 17.5 Å². The fourth-order valence-electron chi connectivity index (χ4n) is 4.91. The van der Waals surface area contributed by atoms with Crippen molar-refractivity contribution in [3.63, 3.8) is 0 Å². The van der Waals surface area contributed by atoms with Gasteiger partial charge in [0.1, 0.15) is 18.1 Å². The fourth-order valence-corrected chi connectivity index (χ4v) is 4.91. The van der Waals surface area contributed by atoms with Gasteiger partial charge in [-0.2, -0.15) is 0 Å². The Labute approximate surface area is 179 Å². The molecule has 1 saturated carbocycles. The van der Waals surface area contributed by atoms with Gasteiger partial charge in [-0.1, -0.05) is 42.0 Å². The van der Waals surface area contributed by atoms with E-state index in [-0.39, 0.29) is 36.0 Å². The number of Topliss-reactive ketones (excluding diaryl/α,β-unsaturated/α-hetero) is 1. The molecule has 4 unspecified atom stereocenters. The van der Waals surface area contributed by atoms with Crippen LogP contribution in [0.1, 0.15) is 42.0 Å². The Bertz CT molecular complexity index is 1060. The van der Waals surface area contributed by atoms with Crippen LogP contribution in [-0.4, -0.2) is 28.9 Å². The third-order valence-corrected chi connectivity index (χ3v) is 6.54. The number of ether oxygens (including phenoxy) is 1. The molecule has 0 bridgehead atoms. The summed E-state index contributed by atoms with van der Waals surface area (Å²) in [5.41, 5.74) is 2.93. The van der Waals surface area contributed by atoms with Crippen LogP contribution in [0.4, 0.5) is 8.78 Å². The number of carbonyl (C=O) groups is 2. The van der Waals surface area contributed by atoms with E-state index in [0.29, 0.717) is 18.4 Å². The Kier molecular flexibility index (Phi) is 4.88. The van der Waals surface area contributed by atoms with Gasteiger partial charge < -0.3 is 9.64 Å². The minimum atomic E-state index is -1.04. The molecule has 6 heteroatoms. The molecule has 0 radical (unpaired) electrons. The number of hydrogen-bond donors (Lipinski definition) is 0. The number of hydrogen-bond acceptors (Lipinski definition) is 3. The molecule has 2 aliphatic heterocycles. The van der Waals surface area contributed by atoms with Gasteiger partial charge >= 0.3 is 0 Å². The molecule has 2 aromatic rings. The van der Waals surface area contributed by atoms with Crippen LogP contribution >= 0.6 is 0 Å². The lowest BCUT2D eigenvalue weighted by atomic mass is 9.77. The predicted molar refractivity (Wildman–Crippen MR) is 110 cm³/mol. The van der Waals surface area contributed by atoms with Crippen LogP contribution in [-0.2, 0) is 20.9 Å². The first-order valence-corrected chi connectivity index (χ1v) is 10.6. The summed E-state index contributed by atoms with van der Waals surface area (Å²) in [4.78, 5) is 28.5. The quantitative estimate of drug-likeness (QED) is 0.726. The summed E-state index contributed by atoms with van der Waals surface area (Å²) in [6.45, 7) is 2.27. The van der Waals surface area contributed by atoms with Crippen LogP contribution in [0.5, 0.6) is 0 Å². The molecule has 4 atom stereocenters. The van der Waals surface area contributed by atoms with Crippen LogP contribution in [0.3, 0.4) is 0 Å². The molecule has 3 aliphatic rings. The molecule has 2 aromatic carbocycles. The average Bonchev–Trinajstić information content (AvgIpc) is 3.03. The maximum Gasteiger partial charge on any atom is 0.290 e. The molecule has 0 aromatic heterocycles. The third-order valence-electron chi connectivity index (χ3n) is 6.54. The highest BCUT2D eigenvalue weighted by Crippen LogP contribution is 2.47. The monoisotopic (exact) mass is 423 g/mol. The molecule has 1 fully saturated rings. The zero-order chi connectivity index (χ0) is 21.7. The molecule has 0 spiro atoms. The number of aryl methyl sites for hydroxylation is 1. The number of halogens is 2. The van der Waals surface area contributed by atoms with E-state index in [9.17, 15) is 18.4 Å². The highest BCUT2D eigenvalue weighted by molar-refractivity contribution is 6.11. The second-order valence-corrected chi connectivity index (χ2v) is 8.65. The zero-order valence-corrected chi connectivity index (χ0v) is 17.2. The van der Waals surface area contributed by atoms with Crippen LogP contribution in [0.25, 0.3) is 0 Å². The van der Waals surface area contributed by atoms with Gasteiger partial charge in [0.2, 0.25) is 0 Å². The second kappa shape index (κ2) is 7.59. The van der Waals surface area contributed by atoms with E-state index in [0.717, 1.165) is 11.1 Å². The lowest BCUT2D eigenvalue weighted by Gasteiger charge is -2.36. The van der Waals surface area contributed by atoms with Gasteiger partial charge in [0.25, 0.3) is 5.91 Å². The van der Waals surface area contributed by atoms with Gasteiger partial charge in [0, 0.05) is 6.54 Å². The van der Waals surface area contributed by atoms with Crippen LogP contribution in [0, 0.1) is 18.7 Å². The minimum absolute atomic E-state index is 0.0741. The number of nitrogens with zero attached hydrogens (tertiary/aromatic N) is 1. The molecule has 31 heavy (non-hydrogen) atoms. The van der Waals surface area contributed by atoms with Gasteiger partial charge in [-0.25, -0.2) is 8.78 Å². The highest BCUT2D eigenvalue weighted by Gasteiger charge is 2.52. The number of rotatable bonds is 3. The number of fused-ring (bicyclic) bond motifs is 1. The molecule has 0 N–H and O–H groups in total. The van der Waals surface area contributed by atoms with Crippen molar-refractivity contribution in [3.05, 3.63) is 82.4 Å². The fraction of sp³-hybridized carbons (Fsp3) is 0.360. The van der Waals surface area contributed by atoms with E-state index in [1.54, 1.807) is 17.0 Å². The van der Waals surface area contributed by atoms with Crippen molar-refractivity contribution in [1.82, 2.24) is 4.90 Å². The van der Waals surface area contributed by atoms with Crippen LogP contribution in [0.15, 0.2) is 59.9 Å². The first kappa shape index (κ1) is 19.9. The summed E-state index contributed by atoms with van der Waals surface area (Å²) in [5.74, 6) is -1.48. The van der Waals surface area contributed by atoms with Crippen molar-refractivity contribution in [1.29, 1.82) is 0 Å². The number of carbonyl (C=O) groups excluding carboxylic acids is 2. The van der Waals surface area contributed by atoms with E-state index >= 15 is 0 Å². The Morgan fingerprint density at radius 3 is 2.45 bits per heavy atom. The van der Waals surface area contributed by atoms with E-state index in [1.165, 1.54) is 12.1 Å². The molecule has 5 rings (SSSR count). The molecular weight excluding hydrogens is 400 g/mol. The van der Waals surface area contributed by atoms with Crippen LogP contribution < -0.4 is 0 Å². The van der Waals surface area contributed by atoms with Crippen LogP contribution in [0.2, 0.25) is 0 Å². The highest BCUT2D eigenvalue weighted by atomic mass is 19.1. The third kappa shape index (κ3) is 3.44. The molecular formula is C25H23F2NO3. The van der Waals surface area contributed by atoms with E-state index in [2.05, 4.69) is 0 Å². The van der Waals surface area contributed by atoms with Gasteiger partial charge in [0.15, 0.2) is 11.5 Å². The summed E-state index contributed by atoms with van der Waals surface area (Å²) in [5, 5.41) is 0. The van der Waals surface area contributed by atoms with E-state index in [4.69, 9.17) is 4.74 Å². The maximum atomic E-state index is 14.1. The molecule has 2 heterocycles. The number of ketones is 1. The van der Waals surface area contributed by atoms with Crippen molar-refractivity contribution in [3.8, 4) is 0 Å². The topological polar surface area (TPSA) is 46.6 Å². The molecule has 0 saturated heterocycles. The average molecular weight is 423 g/mol. The smallest absolute Gasteiger partial charge is 0.290 e. The molecule has 160 valence electrons. The van der Waals surface area contributed by atoms with Gasteiger partial charge in [-0.3, -0.25) is 9.59 Å². The number of benzene rings is 2. The van der Waals surface area contributed by atoms with Crippen molar-refractivity contribution in [2.24, 2.45) is 5.92 Å². The minimum Gasteiger partial charge on any atom is -0.483 e. The van der Waals surface area contributed by atoms with Gasteiger partial charge in [-0.15, -0.1) is 0 Å². The van der Waals surface area contributed by atoms with E-state index in [1.807, 2.05) is 31.2 Å². The number of alkyl halides is 1. The second-order valence-electron chi connectivity index (χ2n) is 8.65. The SMILES string of the molecule is Cc1ccc(CN2C(=O)C3=C(C(=O)C4CC(F)CCC4O3)C2c2ccc(F)cc2)cc1. The Balaban J connectivity index is 1.56. The molecule has 1 aliphatic carbocycles. The van der Waals surface area contributed by atoms with Crippen molar-refractivity contribution in [2.75, 3.05) is 0 Å². The summed E-state index contributed by atoms with van der Waals surface area (Å²) in [6, 6.07) is 12.9. The Hall–Kier alpha value is -3.02. The summed E-state index contributed by atoms with van der Waals surface area (Å²) in [7, 11) is 0. The molecule has 4 nitrogen and oxygen atoms in total. The van der Waals surface area contributed by atoms with Crippen molar-refractivity contribution >= 4 is 11.7 Å². The van der Waals surface area contributed by atoms with E-state index < -0.39 is 30.1 Å². The summed E-state index contributed by atoms with van der Waals surface area (Å²) < 4.78 is 33.7. The standard InChI is InChI=1S/C25H23F2NO3/c1-14-2-4-15(5-3-14)13-28-22(16-6-8-17(26)9-7-16)21-23(29)19-12-18(27)10-11-20(19)31-24(21)25(28)30/h2-9,18-20,22H,10-13H2,1H3. The van der Waals surface area contributed by atoms with Crippen molar-refractivity contribution in [2.45, 2.75) is 51.0 Å². The Morgan fingerprint density at radius 2 is 1.74 bits per heavy atom. The first-order chi connectivity index (χ1) is 14.9. The number of amides is 1. The Morgan fingerprint density at radius 1 is 1.03 bits per heavy atom. The lowest BCUT2D eigenvalue weighted by Crippen LogP contribution is -2.42. The maximum absolute atomic E-state index is 14.1. The van der Waals surface area contributed by atoms with Gasteiger partial charge in [-0.05, 0) is 49.4 Å². The largest absolute Gasteiger partial charge is 0.483 e. The summed E-state index contributed by atoms with van der Waals surface area (Å²) >= 11 is 0. The first-order valence-electron chi connectivity index (χ1n) is 10.6. The predicted octanol–water partition coefficient (Wildman–Crippen LogP) is 4.58. The summed E-state index contributed by atoms with van der Waals surface area (Å²) in [6.07, 6.45) is -0.639. The zero-order valence-electron chi connectivity index (χ0n) is 17.2. The lowest BCUT2D eigenvalue weighted by molar-refractivity contribution is -0.136. The molecule has 1 amide bonds. The van der Waals surface area contributed by atoms with Crippen molar-refractivity contribution < 1.29 is 23.1 Å². The normalized spacial score (nSPS) is 27.8.